The SMILES string of the molecule is O=C(O)CCCCCN1C(=O)C(=Cc2cccc(-c3cc(Cl)cc(Cl)c3)n2)SC1=S. The van der Waals surface area contributed by atoms with Crippen molar-refractivity contribution in [2.24, 2.45) is 0 Å². The first-order valence-electron chi connectivity index (χ1n) is 9.24. The molecule has 3 rings (SSSR count). The molecule has 9 heteroatoms. The first kappa shape index (κ1) is 22.7. The number of thioether (sulfide) groups is 1. The fraction of sp³-hybridized carbons (Fsp3) is 0.238. The van der Waals surface area contributed by atoms with Gasteiger partial charge >= 0.3 is 5.97 Å². The molecular formula is C21H18Cl2N2O3S2. The number of halogens is 2. The summed E-state index contributed by atoms with van der Waals surface area (Å²) in [5.41, 5.74) is 2.12. The number of pyridine rings is 1. The Labute approximate surface area is 194 Å². The van der Waals surface area contributed by atoms with Crippen LogP contribution in [0.25, 0.3) is 17.3 Å². The van der Waals surface area contributed by atoms with Gasteiger partial charge in [0.1, 0.15) is 4.32 Å². The standard InChI is InChI=1S/C21H18Cl2N2O3S2/c22-14-9-13(10-15(23)11-14)17-6-4-5-16(24-17)12-18-20(28)25(21(29)30-18)8-3-1-2-7-19(26)27/h4-6,9-12H,1-3,7-8H2,(H,26,27). The van der Waals surface area contributed by atoms with Crippen molar-refractivity contribution in [2.75, 3.05) is 6.54 Å². The van der Waals surface area contributed by atoms with E-state index in [0.717, 1.165) is 12.0 Å². The molecule has 1 saturated heterocycles. The minimum atomic E-state index is -0.807. The van der Waals surface area contributed by atoms with E-state index in [0.29, 0.717) is 50.0 Å². The molecule has 1 N–H and O–H groups in total. The van der Waals surface area contributed by atoms with Crippen molar-refractivity contribution in [3.63, 3.8) is 0 Å². The number of rotatable bonds is 8. The summed E-state index contributed by atoms with van der Waals surface area (Å²) in [5.74, 6) is -0.959. The molecule has 0 unspecified atom stereocenters. The van der Waals surface area contributed by atoms with E-state index in [9.17, 15) is 9.59 Å². The number of carbonyl (C=O) groups excluding carboxylic acids is 1. The van der Waals surface area contributed by atoms with Gasteiger partial charge in [0.15, 0.2) is 0 Å². The Morgan fingerprint density at radius 1 is 1.17 bits per heavy atom. The van der Waals surface area contributed by atoms with Crippen LogP contribution in [0.15, 0.2) is 41.3 Å². The first-order chi connectivity index (χ1) is 14.3. The van der Waals surface area contributed by atoms with Crippen LogP contribution >= 0.6 is 47.2 Å². The highest BCUT2D eigenvalue weighted by Crippen LogP contribution is 2.33. The largest absolute Gasteiger partial charge is 0.481 e. The molecule has 5 nitrogen and oxygen atoms in total. The minimum Gasteiger partial charge on any atom is -0.481 e. The number of hydrogen-bond donors (Lipinski definition) is 1. The van der Waals surface area contributed by atoms with E-state index in [1.165, 1.54) is 11.8 Å². The third-order valence-electron chi connectivity index (χ3n) is 4.35. The lowest BCUT2D eigenvalue weighted by Gasteiger charge is -2.13. The highest BCUT2D eigenvalue weighted by Gasteiger charge is 2.31. The highest BCUT2D eigenvalue weighted by molar-refractivity contribution is 8.26. The van der Waals surface area contributed by atoms with Gasteiger partial charge in [0, 0.05) is 28.6 Å². The number of aliphatic carboxylic acids is 1. The smallest absolute Gasteiger partial charge is 0.303 e. The summed E-state index contributed by atoms with van der Waals surface area (Å²) in [6.07, 6.45) is 3.88. The molecule has 30 heavy (non-hydrogen) atoms. The summed E-state index contributed by atoms with van der Waals surface area (Å²) in [6.45, 7) is 0.482. The zero-order chi connectivity index (χ0) is 21.7. The number of hydrogen-bond acceptors (Lipinski definition) is 5. The van der Waals surface area contributed by atoms with Gasteiger partial charge in [-0.1, -0.05) is 59.7 Å². The van der Waals surface area contributed by atoms with Crippen LogP contribution in [0.1, 0.15) is 31.4 Å². The molecule has 0 radical (unpaired) electrons. The van der Waals surface area contributed by atoms with Gasteiger partial charge in [-0.05, 0) is 49.2 Å². The first-order valence-corrected chi connectivity index (χ1v) is 11.2. The van der Waals surface area contributed by atoms with Crippen LogP contribution in [0.3, 0.4) is 0 Å². The lowest BCUT2D eigenvalue weighted by molar-refractivity contribution is -0.137. The van der Waals surface area contributed by atoms with Crippen molar-refractivity contribution in [1.82, 2.24) is 9.88 Å². The van der Waals surface area contributed by atoms with E-state index < -0.39 is 5.97 Å². The van der Waals surface area contributed by atoms with Gasteiger partial charge in [-0.15, -0.1) is 0 Å². The van der Waals surface area contributed by atoms with Gasteiger partial charge < -0.3 is 5.11 Å². The number of amides is 1. The molecule has 0 spiro atoms. The Balaban J connectivity index is 1.70. The second-order valence-electron chi connectivity index (χ2n) is 6.64. The molecule has 1 aromatic heterocycles. The summed E-state index contributed by atoms with van der Waals surface area (Å²) in [7, 11) is 0. The summed E-state index contributed by atoms with van der Waals surface area (Å²) in [4.78, 5) is 30.0. The number of carboxylic acid groups (broad SMARTS) is 1. The average Bonchev–Trinajstić information content (AvgIpc) is 2.94. The Kier molecular flexibility index (Phi) is 7.88. The number of benzene rings is 1. The molecular weight excluding hydrogens is 463 g/mol. The average molecular weight is 481 g/mol. The fourth-order valence-electron chi connectivity index (χ4n) is 2.94. The number of carboxylic acids is 1. The summed E-state index contributed by atoms with van der Waals surface area (Å²) >= 11 is 18.8. The van der Waals surface area contributed by atoms with Crippen LogP contribution in [0, 0.1) is 0 Å². The lowest BCUT2D eigenvalue weighted by Crippen LogP contribution is -2.29. The van der Waals surface area contributed by atoms with Crippen LogP contribution in [0.2, 0.25) is 10.0 Å². The molecule has 1 aromatic carbocycles. The second-order valence-corrected chi connectivity index (χ2v) is 9.19. The third-order valence-corrected chi connectivity index (χ3v) is 6.17. The zero-order valence-corrected chi connectivity index (χ0v) is 19.0. The molecule has 0 atom stereocenters. The van der Waals surface area contributed by atoms with E-state index in [2.05, 4.69) is 4.98 Å². The predicted molar refractivity (Wildman–Crippen MR) is 126 cm³/mol. The van der Waals surface area contributed by atoms with Gasteiger partial charge in [0.25, 0.3) is 5.91 Å². The molecule has 0 aliphatic carbocycles. The molecule has 1 aliphatic heterocycles. The van der Waals surface area contributed by atoms with E-state index in [1.54, 1.807) is 29.2 Å². The lowest BCUT2D eigenvalue weighted by atomic mass is 10.1. The molecule has 0 bridgehead atoms. The molecule has 0 saturated carbocycles. The molecule has 1 aliphatic rings. The Hall–Kier alpha value is -1.93. The number of thiocarbonyl (C=S) groups is 1. The fourth-order valence-corrected chi connectivity index (χ4v) is 4.76. The number of carbonyl (C=O) groups is 2. The van der Waals surface area contributed by atoms with Gasteiger partial charge in [-0.2, -0.15) is 0 Å². The van der Waals surface area contributed by atoms with Gasteiger partial charge in [0.2, 0.25) is 0 Å². The van der Waals surface area contributed by atoms with Crippen LogP contribution < -0.4 is 0 Å². The number of unbranched alkanes of at least 4 members (excludes halogenated alkanes) is 2. The van der Waals surface area contributed by atoms with Crippen molar-refractivity contribution in [3.8, 4) is 11.3 Å². The second kappa shape index (κ2) is 10.4. The molecule has 2 heterocycles. The summed E-state index contributed by atoms with van der Waals surface area (Å²) in [6, 6.07) is 10.7. The van der Waals surface area contributed by atoms with Crippen LogP contribution in [0.4, 0.5) is 0 Å². The van der Waals surface area contributed by atoms with E-state index >= 15 is 0 Å². The topological polar surface area (TPSA) is 70.5 Å². The highest BCUT2D eigenvalue weighted by atomic mass is 35.5. The molecule has 2 aromatic rings. The molecule has 1 amide bonds. The maximum atomic E-state index is 12.7. The normalized spacial score (nSPS) is 15.3. The number of nitrogens with zero attached hydrogens (tertiary/aromatic N) is 2. The van der Waals surface area contributed by atoms with Crippen molar-refractivity contribution in [3.05, 3.63) is 57.0 Å². The Morgan fingerprint density at radius 3 is 2.60 bits per heavy atom. The predicted octanol–water partition coefficient (Wildman–Crippen LogP) is 5.90. The Bertz CT molecular complexity index is 1010. The quantitative estimate of drug-likeness (QED) is 0.288. The van der Waals surface area contributed by atoms with E-state index in [-0.39, 0.29) is 12.3 Å². The van der Waals surface area contributed by atoms with Crippen LogP contribution in [-0.2, 0) is 9.59 Å². The van der Waals surface area contributed by atoms with Gasteiger partial charge in [-0.3, -0.25) is 14.5 Å². The monoisotopic (exact) mass is 480 g/mol. The van der Waals surface area contributed by atoms with Crippen molar-refractivity contribution < 1.29 is 14.7 Å². The minimum absolute atomic E-state index is 0.137. The van der Waals surface area contributed by atoms with Gasteiger partial charge in [0.05, 0.1) is 16.3 Å². The Morgan fingerprint density at radius 2 is 1.90 bits per heavy atom. The maximum absolute atomic E-state index is 12.7. The van der Waals surface area contributed by atoms with Crippen LogP contribution in [0.5, 0.6) is 0 Å². The van der Waals surface area contributed by atoms with Crippen molar-refractivity contribution in [2.45, 2.75) is 25.7 Å². The summed E-state index contributed by atoms with van der Waals surface area (Å²) in [5, 5.41) is 9.73. The molecule has 1 fully saturated rings. The number of aromatic nitrogens is 1. The maximum Gasteiger partial charge on any atom is 0.303 e. The van der Waals surface area contributed by atoms with E-state index in [4.69, 9.17) is 40.5 Å². The summed E-state index contributed by atoms with van der Waals surface area (Å²) < 4.78 is 0.502. The van der Waals surface area contributed by atoms with Crippen molar-refractivity contribution >= 4 is 69.5 Å². The van der Waals surface area contributed by atoms with Crippen LogP contribution in [-0.4, -0.2) is 37.7 Å². The van der Waals surface area contributed by atoms with Gasteiger partial charge in [-0.25, -0.2) is 4.98 Å². The third kappa shape index (κ3) is 6.04. The van der Waals surface area contributed by atoms with Crippen molar-refractivity contribution in [1.29, 1.82) is 0 Å². The zero-order valence-electron chi connectivity index (χ0n) is 15.8. The van der Waals surface area contributed by atoms with E-state index in [1.807, 2.05) is 18.2 Å². The molecule has 156 valence electrons.